The minimum atomic E-state index is -2.65. The molecular formula is C20H17ClF2N6O. The van der Waals surface area contributed by atoms with E-state index in [4.69, 9.17) is 11.6 Å². The molecule has 1 aliphatic carbocycles. The predicted molar refractivity (Wildman–Crippen MR) is 109 cm³/mol. The number of nitrogens with one attached hydrogen (secondary N) is 3. The lowest BCUT2D eigenvalue weighted by atomic mass is 9.83. The molecule has 0 aromatic carbocycles. The fourth-order valence-electron chi connectivity index (χ4n) is 3.64. The number of anilines is 2. The van der Waals surface area contributed by atoms with E-state index >= 15 is 0 Å². The lowest BCUT2D eigenvalue weighted by Crippen LogP contribution is -2.24. The van der Waals surface area contributed by atoms with E-state index in [2.05, 4.69) is 31.7 Å². The molecule has 154 valence electrons. The summed E-state index contributed by atoms with van der Waals surface area (Å²) in [6.07, 6.45) is 4.64. The van der Waals surface area contributed by atoms with Crippen LogP contribution >= 0.6 is 11.6 Å². The molecule has 0 saturated heterocycles. The van der Waals surface area contributed by atoms with Gasteiger partial charge in [0.15, 0.2) is 0 Å². The van der Waals surface area contributed by atoms with Gasteiger partial charge >= 0.3 is 6.03 Å². The van der Waals surface area contributed by atoms with Gasteiger partial charge in [0.2, 0.25) is 5.92 Å². The molecule has 30 heavy (non-hydrogen) atoms. The molecule has 4 rings (SSSR count). The standard InChI is InChI=1S/C20H17ClF2N6O/c21-13-6-15-16(10-27-18(15)26-8-13)29-19(30)28-14-5-12(7-24)17(25-9-14)11-1-3-20(22,23)4-2-11/h5-6,8-11H,1-4H2,(H,26,27)(H2,28,29,30). The van der Waals surface area contributed by atoms with Gasteiger partial charge in [-0.2, -0.15) is 5.26 Å². The molecule has 3 aromatic heterocycles. The van der Waals surface area contributed by atoms with Gasteiger partial charge in [-0.1, -0.05) is 11.6 Å². The van der Waals surface area contributed by atoms with E-state index in [0.29, 0.717) is 33.1 Å². The van der Waals surface area contributed by atoms with Gasteiger partial charge in [0.25, 0.3) is 0 Å². The van der Waals surface area contributed by atoms with Crippen LogP contribution in [0, 0.1) is 11.3 Å². The lowest BCUT2D eigenvalue weighted by molar-refractivity contribution is -0.0385. The van der Waals surface area contributed by atoms with Gasteiger partial charge in [0.05, 0.1) is 33.9 Å². The number of hydrogen-bond acceptors (Lipinski definition) is 4. The smallest absolute Gasteiger partial charge is 0.323 e. The van der Waals surface area contributed by atoms with Crippen molar-refractivity contribution in [3.05, 3.63) is 47.0 Å². The van der Waals surface area contributed by atoms with E-state index in [1.807, 2.05) is 0 Å². The molecule has 1 saturated carbocycles. The minimum Gasteiger partial charge on any atom is -0.344 e. The summed E-state index contributed by atoms with van der Waals surface area (Å²) in [6.45, 7) is 0. The molecule has 0 radical (unpaired) electrons. The largest absolute Gasteiger partial charge is 0.344 e. The van der Waals surface area contributed by atoms with E-state index in [1.54, 1.807) is 12.3 Å². The number of pyridine rings is 2. The molecule has 2 amide bonds. The molecule has 3 aromatic rings. The third kappa shape index (κ3) is 4.19. The highest BCUT2D eigenvalue weighted by atomic mass is 35.5. The van der Waals surface area contributed by atoms with Gasteiger partial charge in [-0.25, -0.2) is 18.6 Å². The highest BCUT2D eigenvalue weighted by Gasteiger charge is 2.36. The van der Waals surface area contributed by atoms with Crippen molar-refractivity contribution in [3.63, 3.8) is 0 Å². The van der Waals surface area contributed by atoms with Gasteiger partial charge < -0.3 is 15.6 Å². The number of aromatic nitrogens is 3. The quantitative estimate of drug-likeness (QED) is 0.515. The molecular weight excluding hydrogens is 414 g/mol. The molecule has 1 fully saturated rings. The monoisotopic (exact) mass is 430 g/mol. The Morgan fingerprint density at radius 2 is 2.00 bits per heavy atom. The van der Waals surface area contributed by atoms with Crippen molar-refractivity contribution in [1.29, 1.82) is 5.26 Å². The number of nitrogens with zero attached hydrogens (tertiary/aromatic N) is 3. The number of carbonyl (C=O) groups excluding carboxylic acids is 1. The maximum Gasteiger partial charge on any atom is 0.323 e. The van der Waals surface area contributed by atoms with Crippen molar-refractivity contribution in [1.82, 2.24) is 15.0 Å². The van der Waals surface area contributed by atoms with Gasteiger partial charge in [0, 0.05) is 36.5 Å². The highest BCUT2D eigenvalue weighted by Crippen LogP contribution is 2.41. The summed E-state index contributed by atoms with van der Waals surface area (Å²) in [5.41, 5.74) is 2.16. The number of carbonyl (C=O) groups is 1. The first-order chi connectivity index (χ1) is 14.3. The van der Waals surface area contributed by atoms with Gasteiger partial charge in [0.1, 0.15) is 11.7 Å². The number of amides is 2. The van der Waals surface area contributed by atoms with Crippen LogP contribution in [-0.4, -0.2) is 26.9 Å². The first kappa shape index (κ1) is 20.0. The SMILES string of the molecule is N#Cc1cc(NC(=O)Nc2c[nH]c3ncc(Cl)cc23)cnc1C1CCC(F)(F)CC1. The number of aromatic amines is 1. The van der Waals surface area contributed by atoms with Crippen molar-refractivity contribution in [3.8, 4) is 6.07 Å². The van der Waals surface area contributed by atoms with E-state index in [1.165, 1.54) is 18.5 Å². The number of hydrogen-bond donors (Lipinski definition) is 3. The fraction of sp³-hybridized carbons (Fsp3) is 0.300. The van der Waals surface area contributed by atoms with Crippen molar-refractivity contribution in [2.75, 3.05) is 10.6 Å². The maximum absolute atomic E-state index is 13.4. The second kappa shape index (κ2) is 7.88. The van der Waals surface area contributed by atoms with E-state index in [0.717, 1.165) is 0 Å². The predicted octanol–water partition coefficient (Wildman–Crippen LogP) is 5.42. The molecule has 0 unspecified atom stereocenters. The van der Waals surface area contributed by atoms with Crippen LogP contribution < -0.4 is 10.6 Å². The van der Waals surface area contributed by atoms with E-state index in [9.17, 15) is 18.8 Å². The zero-order valence-corrected chi connectivity index (χ0v) is 16.4. The number of fused-ring (bicyclic) bond motifs is 1. The summed E-state index contributed by atoms with van der Waals surface area (Å²) in [7, 11) is 0. The van der Waals surface area contributed by atoms with Crippen LogP contribution in [-0.2, 0) is 0 Å². The summed E-state index contributed by atoms with van der Waals surface area (Å²) in [6, 6.07) is 4.69. The van der Waals surface area contributed by atoms with Gasteiger partial charge in [-0.05, 0) is 25.0 Å². The van der Waals surface area contributed by atoms with Gasteiger partial charge in [-0.15, -0.1) is 0 Å². The zero-order valence-electron chi connectivity index (χ0n) is 15.7. The fourth-order valence-corrected chi connectivity index (χ4v) is 3.80. The first-order valence-electron chi connectivity index (χ1n) is 9.33. The number of alkyl halides is 2. The summed E-state index contributed by atoms with van der Waals surface area (Å²) in [5.74, 6) is -2.84. The summed E-state index contributed by atoms with van der Waals surface area (Å²) >= 11 is 5.96. The normalized spacial score (nSPS) is 16.2. The minimum absolute atomic E-state index is 0.189. The van der Waals surface area contributed by atoms with Crippen molar-refractivity contribution >= 4 is 40.0 Å². The highest BCUT2D eigenvalue weighted by molar-refractivity contribution is 6.31. The van der Waals surface area contributed by atoms with Gasteiger partial charge in [-0.3, -0.25) is 4.98 Å². The molecule has 10 heteroatoms. The molecule has 0 aliphatic heterocycles. The Hall–Kier alpha value is -3.25. The number of rotatable bonds is 3. The summed E-state index contributed by atoms with van der Waals surface area (Å²) < 4.78 is 26.8. The van der Waals surface area contributed by atoms with Crippen LogP contribution in [0.3, 0.4) is 0 Å². The Kier molecular flexibility index (Phi) is 5.26. The molecule has 0 atom stereocenters. The van der Waals surface area contributed by atoms with E-state index < -0.39 is 12.0 Å². The molecule has 1 aliphatic rings. The molecule has 3 N–H and O–H groups in total. The number of H-pyrrole nitrogens is 1. The molecule has 3 heterocycles. The second-order valence-corrected chi connectivity index (χ2v) is 7.67. The topological polar surface area (TPSA) is 106 Å². The first-order valence-corrected chi connectivity index (χ1v) is 9.71. The van der Waals surface area contributed by atoms with Crippen molar-refractivity contribution < 1.29 is 13.6 Å². The van der Waals surface area contributed by atoms with Crippen LogP contribution in [0.4, 0.5) is 25.0 Å². The average Bonchev–Trinajstić information content (AvgIpc) is 3.10. The Balaban J connectivity index is 1.47. The van der Waals surface area contributed by atoms with Crippen molar-refractivity contribution in [2.24, 2.45) is 0 Å². The Labute approximate surface area is 175 Å². The lowest BCUT2D eigenvalue weighted by Gasteiger charge is -2.28. The van der Waals surface area contributed by atoms with Crippen LogP contribution in [0.25, 0.3) is 11.0 Å². The van der Waals surface area contributed by atoms with Crippen LogP contribution in [0.15, 0.2) is 30.7 Å². The van der Waals surface area contributed by atoms with Crippen molar-refractivity contribution in [2.45, 2.75) is 37.5 Å². The Bertz CT molecular complexity index is 1150. The molecule has 0 bridgehead atoms. The average molecular weight is 431 g/mol. The van der Waals surface area contributed by atoms with Crippen LogP contribution in [0.2, 0.25) is 5.02 Å². The van der Waals surface area contributed by atoms with Crippen LogP contribution in [0.1, 0.15) is 42.9 Å². The molecule has 7 nitrogen and oxygen atoms in total. The van der Waals surface area contributed by atoms with E-state index in [-0.39, 0.29) is 37.2 Å². The molecule has 0 spiro atoms. The third-order valence-corrected chi connectivity index (χ3v) is 5.35. The summed E-state index contributed by atoms with van der Waals surface area (Å²) in [5, 5.41) is 15.9. The maximum atomic E-state index is 13.4. The number of nitriles is 1. The Morgan fingerprint density at radius 1 is 1.23 bits per heavy atom. The zero-order chi connectivity index (χ0) is 21.3. The Morgan fingerprint density at radius 3 is 2.73 bits per heavy atom. The number of urea groups is 1. The number of halogens is 3. The second-order valence-electron chi connectivity index (χ2n) is 7.23. The third-order valence-electron chi connectivity index (χ3n) is 5.15. The van der Waals surface area contributed by atoms with Crippen LogP contribution in [0.5, 0.6) is 0 Å². The summed E-state index contributed by atoms with van der Waals surface area (Å²) in [4.78, 5) is 23.7.